The molecule has 2 rings (SSSR count). The molecule has 0 atom stereocenters. The molecule has 2 nitrogen and oxygen atoms in total. The van der Waals surface area contributed by atoms with Crippen LogP contribution in [0.2, 0.25) is 0 Å². The van der Waals surface area contributed by atoms with Crippen LogP contribution < -0.4 is 5.43 Å². The highest BCUT2D eigenvalue weighted by Gasteiger charge is 1.96. The van der Waals surface area contributed by atoms with E-state index in [1.807, 2.05) is 30.0 Å². The van der Waals surface area contributed by atoms with E-state index in [0.29, 0.717) is 0 Å². The number of aryl methyl sites for hydroxylation is 1. The van der Waals surface area contributed by atoms with E-state index in [4.69, 9.17) is 0 Å². The number of rotatable bonds is 2. The van der Waals surface area contributed by atoms with Crippen LogP contribution in [0.4, 0.5) is 0 Å². The summed E-state index contributed by atoms with van der Waals surface area (Å²) in [6.07, 6.45) is 3.72. The van der Waals surface area contributed by atoms with Gasteiger partial charge in [-0.15, -0.1) is 11.3 Å². The molecular weight excluding hydrogens is 194 g/mol. The number of hydrogen-bond acceptors (Lipinski definition) is 2. The van der Waals surface area contributed by atoms with Crippen LogP contribution in [0.3, 0.4) is 0 Å². The van der Waals surface area contributed by atoms with Gasteiger partial charge in [-0.2, -0.15) is 0 Å². The summed E-state index contributed by atoms with van der Waals surface area (Å²) in [5, 5.41) is 2.06. The standard InChI is InChI=1S/C11H11NOS/c1-9-7-12(5-4-11(9)13)8-10-3-2-6-14-10/h2-7H,8H2,1H3. The van der Waals surface area contributed by atoms with Crippen molar-refractivity contribution in [2.75, 3.05) is 0 Å². The Labute approximate surface area is 86.4 Å². The van der Waals surface area contributed by atoms with Gasteiger partial charge in [-0.1, -0.05) is 6.07 Å². The van der Waals surface area contributed by atoms with E-state index in [1.165, 1.54) is 4.88 Å². The van der Waals surface area contributed by atoms with Gasteiger partial charge >= 0.3 is 0 Å². The number of thiophene rings is 1. The summed E-state index contributed by atoms with van der Waals surface area (Å²) in [6, 6.07) is 5.75. The lowest BCUT2D eigenvalue weighted by atomic mass is 10.3. The van der Waals surface area contributed by atoms with Crippen molar-refractivity contribution >= 4 is 11.3 Å². The lowest BCUT2D eigenvalue weighted by Gasteiger charge is -2.04. The Balaban J connectivity index is 2.26. The van der Waals surface area contributed by atoms with Crippen LogP contribution in [0, 0.1) is 6.92 Å². The predicted octanol–water partition coefficient (Wildman–Crippen LogP) is 2.27. The predicted molar refractivity (Wildman–Crippen MR) is 58.9 cm³/mol. The van der Waals surface area contributed by atoms with Crippen molar-refractivity contribution in [2.24, 2.45) is 0 Å². The molecule has 0 spiro atoms. The molecule has 72 valence electrons. The van der Waals surface area contributed by atoms with Crippen LogP contribution in [-0.4, -0.2) is 4.57 Å². The van der Waals surface area contributed by atoms with Crippen LogP contribution in [0.5, 0.6) is 0 Å². The highest BCUT2D eigenvalue weighted by atomic mass is 32.1. The molecule has 0 fully saturated rings. The first-order chi connectivity index (χ1) is 6.75. The zero-order valence-corrected chi connectivity index (χ0v) is 8.75. The number of aromatic nitrogens is 1. The lowest BCUT2D eigenvalue weighted by molar-refractivity contribution is 0.794. The molecule has 0 saturated heterocycles. The minimum atomic E-state index is 0.104. The summed E-state index contributed by atoms with van der Waals surface area (Å²) in [7, 11) is 0. The topological polar surface area (TPSA) is 22.0 Å². The summed E-state index contributed by atoms with van der Waals surface area (Å²) in [6.45, 7) is 2.69. The first kappa shape index (κ1) is 9.21. The number of pyridine rings is 1. The fourth-order valence-corrected chi connectivity index (χ4v) is 2.04. The van der Waals surface area contributed by atoms with Gasteiger partial charge in [0.15, 0.2) is 5.43 Å². The van der Waals surface area contributed by atoms with E-state index in [9.17, 15) is 4.79 Å². The van der Waals surface area contributed by atoms with Gasteiger partial charge in [-0.05, 0) is 18.4 Å². The SMILES string of the molecule is Cc1cn(Cc2cccs2)ccc1=O. The zero-order valence-electron chi connectivity index (χ0n) is 7.93. The molecule has 0 radical (unpaired) electrons. The average Bonchev–Trinajstić information content (AvgIpc) is 2.64. The van der Waals surface area contributed by atoms with E-state index < -0.39 is 0 Å². The third-order valence-electron chi connectivity index (χ3n) is 2.08. The molecule has 0 N–H and O–H groups in total. The van der Waals surface area contributed by atoms with Crippen LogP contribution in [0.15, 0.2) is 40.8 Å². The third kappa shape index (κ3) is 1.93. The molecule has 0 bridgehead atoms. The van der Waals surface area contributed by atoms with Gasteiger partial charge < -0.3 is 4.57 Å². The van der Waals surface area contributed by atoms with Crippen molar-refractivity contribution in [1.82, 2.24) is 4.57 Å². The molecule has 14 heavy (non-hydrogen) atoms. The van der Waals surface area contributed by atoms with Crippen LogP contribution in [0.25, 0.3) is 0 Å². The fraction of sp³-hybridized carbons (Fsp3) is 0.182. The molecule has 0 aliphatic carbocycles. The Kier molecular flexibility index (Phi) is 2.50. The van der Waals surface area contributed by atoms with Crippen molar-refractivity contribution in [1.29, 1.82) is 0 Å². The largest absolute Gasteiger partial charge is 0.349 e. The first-order valence-corrected chi connectivity index (χ1v) is 5.33. The second kappa shape index (κ2) is 3.80. The van der Waals surface area contributed by atoms with Crippen molar-refractivity contribution in [3.8, 4) is 0 Å². The normalized spacial score (nSPS) is 10.4. The van der Waals surface area contributed by atoms with E-state index in [0.717, 1.165) is 12.1 Å². The zero-order chi connectivity index (χ0) is 9.97. The fourth-order valence-electron chi connectivity index (χ4n) is 1.33. The smallest absolute Gasteiger partial charge is 0.184 e. The van der Waals surface area contributed by atoms with Crippen molar-refractivity contribution in [2.45, 2.75) is 13.5 Å². The monoisotopic (exact) mass is 205 g/mol. The first-order valence-electron chi connectivity index (χ1n) is 4.45. The molecule has 0 amide bonds. The van der Waals surface area contributed by atoms with E-state index in [2.05, 4.69) is 11.4 Å². The van der Waals surface area contributed by atoms with Crippen molar-refractivity contribution in [3.05, 3.63) is 56.6 Å². The van der Waals surface area contributed by atoms with Crippen molar-refractivity contribution < 1.29 is 0 Å². The van der Waals surface area contributed by atoms with Crippen LogP contribution in [-0.2, 0) is 6.54 Å². The maximum atomic E-state index is 11.2. The van der Waals surface area contributed by atoms with Gasteiger partial charge in [0.2, 0.25) is 0 Å². The van der Waals surface area contributed by atoms with Crippen molar-refractivity contribution in [3.63, 3.8) is 0 Å². The number of hydrogen-bond donors (Lipinski definition) is 0. The maximum absolute atomic E-state index is 11.2. The molecule has 3 heteroatoms. The Morgan fingerprint density at radius 2 is 2.29 bits per heavy atom. The summed E-state index contributed by atoms with van der Waals surface area (Å²) in [4.78, 5) is 12.5. The van der Waals surface area contributed by atoms with Crippen LogP contribution in [0.1, 0.15) is 10.4 Å². The van der Waals surface area contributed by atoms with Gasteiger partial charge in [0.25, 0.3) is 0 Å². The van der Waals surface area contributed by atoms with E-state index in [-0.39, 0.29) is 5.43 Å². The highest BCUT2D eigenvalue weighted by Crippen LogP contribution is 2.09. The molecule has 2 aromatic rings. The Morgan fingerprint density at radius 1 is 1.43 bits per heavy atom. The van der Waals surface area contributed by atoms with Gasteiger partial charge in [0, 0.05) is 28.9 Å². The van der Waals surface area contributed by atoms with Gasteiger partial charge in [-0.25, -0.2) is 0 Å². The average molecular weight is 205 g/mol. The molecule has 0 aliphatic heterocycles. The molecule has 0 saturated carbocycles. The summed E-state index contributed by atoms with van der Waals surface area (Å²) in [5.74, 6) is 0. The quantitative estimate of drug-likeness (QED) is 0.737. The highest BCUT2D eigenvalue weighted by molar-refractivity contribution is 7.09. The summed E-state index contributed by atoms with van der Waals surface area (Å²) >= 11 is 1.73. The Hall–Kier alpha value is -1.35. The van der Waals surface area contributed by atoms with Gasteiger partial charge in [-0.3, -0.25) is 4.79 Å². The maximum Gasteiger partial charge on any atom is 0.184 e. The third-order valence-corrected chi connectivity index (χ3v) is 2.95. The second-order valence-corrected chi connectivity index (χ2v) is 4.28. The summed E-state index contributed by atoms with van der Waals surface area (Å²) in [5.41, 5.74) is 0.900. The second-order valence-electron chi connectivity index (χ2n) is 3.24. The Morgan fingerprint density at radius 3 is 2.93 bits per heavy atom. The van der Waals surface area contributed by atoms with Gasteiger partial charge in [0.05, 0.1) is 6.54 Å². The molecule has 2 heterocycles. The number of nitrogens with zero attached hydrogens (tertiary/aromatic N) is 1. The molecule has 0 aliphatic rings. The minimum absolute atomic E-state index is 0.104. The summed E-state index contributed by atoms with van der Waals surface area (Å²) < 4.78 is 2.03. The molecule has 0 unspecified atom stereocenters. The Bertz CT molecular complexity index is 470. The van der Waals surface area contributed by atoms with E-state index >= 15 is 0 Å². The van der Waals surface area contributed by atoms with E-state index in [1.54, 1.807) is 17.4 Å². The molecule has 2 aromatic heterocycles. The van der Waals surface area contributed by atoms with Gasteiger partial charge in [0.1, 0.15) is 0 Å². The molecule has 0 aromatic carbocycles. The molecular formula is C11H11NOS. The minimum Gasteiger partial charge on any atom is -0.349 e. The van der Waals surface area contributed by atoms with Crippen LogP contribution >= 0.6 is 11.3 Å². The lowest BCUT2D eigenvalue weighted by Crippen LogP contribution is -2.08.